The van der Waals surface area contributed by atoms with Crippen molar-refractivity contribution in [1.82, 2.24) is 4.90 Å². The molecule has 0 aromatic heterocycles. The molecule has 1 saturated carbocycles. The molecule has 0 unspecified atom stereocenters. The van der Waals surface area contributed by atoms with E-state index in [0.29, 0.717) is 21.2 Å². The lowest BCUT2D eigenvalue weighted by atomic mass is 9.94. The number of rotatable bonds is 5. The Balaban J connectivity index is 1.74. The minimum atomic E-state index is -0.385. The Labute approximate surface area is 192 Å². The van der Waals surface area contributed by atoms with Gasteiger partial charge in [-0.15, -0.1) is 0 Å². The Morgan fingerprint density at radius 3 is 2.66 bits per heavy atom. The van der Waals surface area contributed by atoms with Crippen molar-refractivity contribution in [3.8, 4) is 0 Å². The van der Waals surface area contributed by atoms with Gasteiger partial charge in [0.2, 0.25) is 0 Å². The van der Waals surface area contributed by atoms with E-state index in [0.717, 1.165) is 43.4 Å². The fraction of sp³-hybridized carbons (Fsp3) is 0.360. The maximum Gasteiger partial charge on any atom is 0.272 e. The highest BCUT2D eigenvalue weighted by atomic mass is 32.2. The molecule has 2 fully saturated rings. The molecule has 32 heavy (non-hydrogen) atoms. The Morgan fingerprint density at radius 2 is 1.94 bits per heavy atom. The molecule has 1 aliphatic carbocycles. The van der Waals surface area contributed by atoms with Gasteiger partial charge >= 0.3 is 0 Å². The van der Waals surface area contributed by atoms with Crippen molar-refractivity contribution in [3.63, 3.8) is 0 Å². The second kappa shape index (κ2) is 9.69. The zero-order chi connectivity index (χ0) is 22.7. The van der Waals surface area contributed by atoms with Crippen LogP contribution in [0.15, 0.2) is 52.4 Å². The number of benzene rings is 2. The number of amides is 1. The van der Waals surface area contributed by atoms with Gasteiger partial charge in [0.15, 0.2) is 5.17 Å². The molecule has 4 rings (SSSR count). The van der Waals surface area contributed by atoms with Gasteiger partial charge in [0.1, 0.15) is 0 Å². The van der Waals surface area contributed by atoms with Crippen molar-refractivity contribution in [2.75, 3.05) is 0 Å². The summed E-state index contributed by atoms with van der Waals surface area (Å²) in [4.78, 5) is 31.8. The van der Waals surface area contributed by atoms with E-state index in [-0.39, 0.29) is 22.6 Å². The number of nitro groups is 1. The zero-order valence-corrected chi connectivity index (χ0v) is 19.2. The van der Waals surface area contributed by atoms with Crippen LogP contribution in [0.3, 0.4) is 0 Å². The van der Waals surface area contributed by atoms with Gasteiger partial charge in [0.05, 0.1) is 15.5 Å². The molecule has 7 heteroatoms. The van der Waals surface area contributed by atoms with Gasteiger partial charge in [0.25, 0.3) is 11.6 Å². The summed E-state index contributed by atoms with van der Waals surface area (Å²) < 4.78 is 0. The summed E-state index contributed by atoms with van der Waals surface area (Å²) in [5, 5.41) is 12.0. The van der Waals surface area contributed by atoms with Gasteiger partial charge in [-0.1, -0.05) is 56.5 Å². The van der Waals surface area contributed by atoms with Crippen molar-refractivity contribution < 1.29 is 9.72 Å². The number of amidine groups is 1. The van der Waals surface area contributed by atoms with Gasteiger partial charge in [-0.3, -0.25) is 19.8 Å². The Bertz CT molecular complexity index is 1100. The number of nitro benzene ring substituents is 1. The molecule has 0 N–H and O–H groups in total. The Kier molecular flexibility index (Phi) is 6.74. The van der Waals surface area contributed by atoms with Crippen molar-refractivity contribution in [2.24, 2.45) is 4.99 Å². The predicted molar refractivity (Wildman–Crippen MR) is 130 cm³/mol. The van der Waals surface area contributed by atoms with E-state index in [1.54, 1.807) is 19.1 Å². The van der Waals surface area contributed by atoms with Crippen LogP contribution in [0.5, 0.6) is 0 Å². The molecular formula is C25H27N3O3S. The average Bonchev–Trinajstić information content (AvgIpc) is 3.10. The number of nitrogens with zero attached hydrogens (tertiary/aromatic N) is 3. The highest BCUT2D eigenvalue weighted by Crippen LogP contribution is 2.39. The van der Waals surface area contributed by atoms with E-state index in [9.17, 15) is 14.9 Å². The minimum absolute atomic E-state index is 0.0575. The summed E-state index contributed by atoms with van der Waals surface area (Å²) in [5.74, 6) is -0.0575. The number of thioether (sulfide) groups is 1. The third-order valence-electron chi connectivity index (χ3n) is 6.09. The molecule has 6 nitrogen and oxygen atoms in total. The van der Waals surface area contributed by atoms with Crippen LogP contribution in [0, 0.1) is 17.0 Å². The summed E-state index contributed by atoms with van der Waals surface area (Å²) in [6.45, 7) is 3.81. The molecular weight excluding hydrogens is 422 g/mol. The highest BCUT2D eigenvalue weighted by Gasteiger charge is 2.38. The second-order valence-corrected chi connectivity index (χ2v) is 9.27. The van der Waals surface area contributed by atoms with Crippen LogP contribution in [0.2, 0.25) is 0 Å². The number of aliphatic imine (C=N–C) groups is 1. The predicted octanol–water partition coefficient (Wildman–Crippen LogP) is 6.40. The van der Waals surface area contributed by atoms with Crippen molar-refractivity contribution in [3.05, 3.63) is 74.2 Å². The summed E-state index contributed by atoms with van der Waals surface area (Å²) in [6.07, 6.45) is 8.00. The summed E-state index contributed by atoms with van der Waals surface area (Å²) in [7, 11) is 0. The Morgan fingerprint density at radius 1 is 1.19 bits per heavy atom. The lowest BCUT2D eigenvalue weighted by Gasteiger charge is -2.30. The van der Waals surface area contributed by atoms with Crippen molar-refractivity contribution in [1.29, 1.82) is 0 Å². The van der Waals surface area contributed by atoms with Gasteiger partial charge in [-0.2, -0.15) is 0 Å². The molecule has 1 amide bonds. The van der Waals surface area contributed by atoms with Crippen LogP contribution in [0.1, 0.15) is 55.7 Å². The van der Waals surface area contributed by atoms with Gasteiger partial charge in [0, 0.05) is 17.7 Å². The van der Waals surface area contributed by atoms with Crippen LogP contribution in [-0.2, 0) is 11.2 Å². The quantitative estimate of drug-likeness (QED) is 0.301. The first-order valence-corrected chi connectivity index (χ1v) is 11.9. The summed E-state index contributed by atoms with van der Waals surface area (Å²) >= 11 is 1.37. The number of hydrogen-bond donors (Lipinski definition) is 0. The normalized spacial score (nSPS) is 19.8. The van der Waals surface area contributed by atoms with Crippen LogP contribution in [0.4, 0.5) is 11.4 Å². The van der Waals surface area contributed by atoms with Crippen molar-refractivity contribution in [2.45, 2.75) is 58.4 Å². The molecule has 2 aromatic carbocycles. The lowest BCUT2D eigenvalue weighted by Crippen LogP contribution is -2.40. The number of hydrogen-bond acceptors (Lipinski definition) is 5. The molecule has 0 bridgehead atoms. The lowest BCUT2D eigenvalue weighted by molar-refractivity contribution is -0.385. The summed E-state index contributed by atoms with van der Waals surface area (Å²) in [5.41, 5.74) is 3.34. The number of carbonyl (C=O) groups excluding carboxylic acids is 1. The molecule has 1 saturated heterocycles. The molecule has 1 heterocycles. The van der Waals surface area contributed by atoms with Crippen LogP contribution in [0.25, 0.3) is 6.08 Å². The van der Waals surface area contributed by atoms with Crippen LogP contribution >= 0.6 is 11.8 Å². The second-order valence-electron chi connectivity index (χ2n) is 8.26. The Hall–Kier alpha value is -2.93. The van der Waals surface area contributed by atoms with Crippen LogP contribution < -0.4 is 0 Å². The van der Waals surface area contributed by atoms with Crippen molar-refractivity contribution >= 4 is 40.3 Å². The maximum absolute atomic E-state index is 13.5. The monoisotopic (exact) mass is 449 g/mol. The first-order valence-electron chi connectivity index (χ1n) is 11.1. The molecule has 1 aliphatic heterocycles. The van der Waals surface area contributed by atoms with Gasteiger partial charge in [-0.05, 0) is 61.2 Å². The molecule has 2 aromatic rings. The SMILES string of the molecule is CCc1ccccc1N=C1S/C(=C/c2ccc(C)c([N+](=O)[O-])c2)C(=O)N1C1CCCCC1. The minimum Gasteiger partial charge on any atom is -0.283 e. The molecule has 2 aliphatic rings. The fourth-order valence-electron chi connectivity index (χ4n) is 4.31. The zero-order valence-electron chi connectivity index (χ0n) is 18.4. The van der Waals surface area contributed by atoms with Gasteiger partial charge in [-0.25, -0.2) is 4.99 Å². The summed E-state index contributed by atoms with van der Waals surface area (Å²) in [6, 6.07) is 13.2. The van der Waals surface area contributed by atoms with E-state index in [4.69, 9.17) is 4.99 Å². The topological polar surface area (TPSA) is 75.8 Å². The van der Waals surface area contributed by atoms with Crippen LogP contribution in [-0.4, -0.2) is 26.9 Å². The highest BCUT2D eigenvalue weighted by molar-refractivity contribution is 8.18. The third-order valence-corrected chi connectivity index (χ3v) is 7.08. The smallest absolute Gasteiger partial charge is 0.272 e. The molecule has 0 radical (unpaired) electrons. The van der Waals surface area contributed by atoms with E-state index in [1.165, 1.54) is 24.2 Å². The fourth-order valence-corrected chi connectivity index (χ4v) is 5.36. The third kappa shape index (κ3) is 4.63. The first-order chi connectivity index (χ1) is 15.5. The number of aryl methyl sites for hydroxylation is 2. The maximum atomic E-state index is 13.5. The van der Waals surface area contributed by atoms with E-state index >= 15 is 0 Å². The average molecular weight is 450 g/mol. The standard InChI is InChI=1S/C25H27N3O3S/c1-3-19-9-7-8-12-21(19)26-25-27(20-10-5-4-6-11-20)24(29)23(32-25)16-18-14-13-17(2)22(15-18)28(30)31/h7-9,12-16,20H,3-6,10-11H2,1-2H3/b23-16+,26-25?. The largest absolute Gasteiger partial charge is 0.283 e. The molecule has 0 spiro atoms. The first kappa shape index (κ1) is 22.3. The van der Waals surface area contributed by atoms with E-state index < -0.39 is 0 Å². The molecule has 166 valence electrons. The van der Waals surface area contributed by atoms with E-state index in [2.05, 4.69) is 13.0 Å². The number of para-hydroxylation sites is 1. The van der Waals surface area contributed by atoms with E-state index in [1.807, 2.05) is 29.2 Å². The number of carbonyl (C=O) groups is 1. The van der Waals surface area contributed by atoms with Gasteiger partial charge < -0.3 is 0 Å². The molecule has 0 atom stereocenters.